The summed E-state index contributed by atoms with van der Waals surface area (Å²) in [7, 11) is -3.69. The van der Waals surface area contributed by atoms with Gasteiger partial charge >= 0.3 is 0 Å². The number of hydrazone groups is 1. The van der Waals surface area contributed by atoms with Gasteiger partial charge in [-0.15, -0.1) is 0 Å². The SMILES string of the molecule is C/C(=N/NC(=O)CN(c1ccccc1Cl)S(C)(=O)=O)c1ccc(C)cc1. The van der Waals surface area contributed by atoms with E-state index in [9.17, 15) is 13.2 Å². The largest absolute Gasteiger partial charge is 0.271 e. The molecule has 138 valence electrons. The van der Waals surface area contributed by atoms with Crippen LogP contribution in [0.15, 0.2) is 53.6 Å². The van der Waals surface area contributed by atoms with Crippen molar-refractivity contribution in [3.8, 4) is 0 Å². The molecule has 0 radical (unpaired) electrons. The molecule has 0 atom stereocenters. The normalized spacial score (nSPS) is 11.9. The Bertz CT molecular complexity index is 925. The molecule has 0 spiro atoms. The van der Waals surface area contributed by atoms with Crippen LogP contribution in [0.5, 0.6) is 0 Å². The maximum atomic E-state index is 12.2. The van der Waals surface area contributed by atoms with Crippen molar-refractivity contribution < 1.29 is 13.2 Å². The number of hydrogen-bond donors (Lipinski definition) is 1. The van der Waals surface area contributed by atoms with Crippen molar-refractivity contribution in [2.24, 2.45) is 5.10 Å². The molecule has 2 rings (SSSR count). The molecule has 1 amide bonds. The number of nitrogens with one attached hydrogen (secondary N) is 1. The zero-order chi connectivity index (χ0) is 19.3. The lowest BCUT2D eigenvalue weighted by atomic mass is 10.1. The van der Waals surface area contributed by atoms with Gasteiger partial charge in [-0.3, -0.25) is 9.10 Å². The highest BCUT2D eigenvalue weighted by molar-refractivity contribution is 7.92. The van der Waals surface area contributed by atoms with Gasteiger partial charge in [-0.2, -0.15) is 5.10 Å². The van der Waals surface area contributed by atoms with Crippen molar-refractivity contribution in [3.63, 3.8) is 0 Å². The van der Waals surface area contributed by atoms with Gasteiger partial charge in [-0.05, 0) is 31.5 Å². The average molecular weight is 394 g/mol. The molecule has 0 heterocycles. The van der Waals surface area contributed by atoms with Gasteiger partial charge in [0.15, 0.2) is 0 Å². The lowest BCUT2D eigenvalue weighted by Gasteiger charge is -2.22. The van der Waals surface area contributed by atoms with Crippen molar-refractivity contribution in [1.82, 2.24) is 5.43 Å². The number of nitrogens with zero attached hydrogens (tertiary/aromatic N) is 2. The van der Waals surface area contributed by atoms with Gasteiger partial charge in [0.2, 0.25) is 10.0 Å². The van der Waals surface area contributed by atoms with Crippen molar-refractivity contribution in [3.05, 3.63) is 64.7 Å². The molecule has 26 heavy (non-hydrogen) atoms. The molecule has 2 aromatic rings. The number of hydrogen-bond acceptors (Lipinski definition) is 4. The minimum Gasteiger partial charge on any atom is -0.271 e. The van der Waals surface area contributed by atoms with Crippen molar-refractivity contribution in [2.75, 3.05) is 17.1 Å². The van der Waals surface area contributed by atoms with Crippen LogP contribution >= 0.6 is 11.6 Å². The molecule has 6 nitrogen and oxygen atoms in total. The van der Waals surface area contributed by atoms with E-state index in [1.807, 2.05) is 31.2 Å². The number of benzene rings is 2. The van der Waals surface area contributed by atoms with Crippen LogP contribution in [0, 0.1) is 6.92 Å². The first kappa shape index (κ1) is 19.9. The highest BCUT2D eigenvalue weighted by Gasteiger charge is 2.22. The molecule has 0 unspecified atom stereocenters. The molecule has 2 aromatic carbocycles. The fraction of sp³-hybridized carbons (Fsp3) is 0.222. The van der Waals surface area contributed by atoms with E-state index < -0.39 is 22.5 Å². The number of halogens is 1. The van der Waals surface area contributed by atoms with Gasteiger partial charge in [0.05, 0.1) is 22.7 Å². The minimum absolute atomic E-state index is 0.241. The smallest absolute Gasteiger partial charge is 0.260 e. The molecule has 0 fully saturated rings. The number of carbonyl (C=O) groups is 1. The minimum atomic E-state index is -3.69. The second kappa shape index (κ2) is 8.33. The third-order valence-electron chi connectivity index (χ3n) is 3.63. The lowest BCUT2D eigenvalue weighted by molar-refractivity contribution is -0.119. The highest BCUT2D eigenvalue weighted by atomic mass is 35.5. The second-order valence-electron chi connectivity index (χ2n) is 5.82. The van der Waals surface area contributed by atoms with Crippen LogP contribution < -0.4 is 9.73 Å². The van der Waals surface area contributed by atoms with Gasteiger partial charge in [0.1, 0.15) is 6.54 Å². The number of sulfonamides is 1. The first-order valence-corrected chi connectivity index (χ1v) is 10.0. The quantitative estimate of drug-likeness (QED) is 0.605. The van der Waals surface area contributed by atoms with Crippen LogP contribution in [0.2, 0.25) is 5.02 Å². The Labute approximate surface area is 158 Å². The Hall–Kier alpha value is -2.38. The Kier molecular flexibility index (Phi) is 6.39. The summed E-state index contributed by atoms with van der Waals surface area (Å²) >= 11 is 6.06. The fourth-order valence-electron chi connectivity index (χ4n) is 2.21. The van der Waals surface area contributed by atoms with E-state index in [1.54, 1.807) is 25.1 Å². The van der Waals surface area contributed by atoms with E-state index in [0.29, 0.717) is 5.71 Å². The first-order chi connectivity index (χ1) is 12.2. The maximum Gasteiger partial charge on any atom is 0.260 e. The van der Waals surface area contributed by atoms with Crippen molar-refractivity contribution >= 4 is 38.9 Å². The Morgan fingerprint density at radius 2 is 1.77 bits per heavy atom. The molecule has 0 saturated heterocycles. The summed E-state index contributed by atoms with van der Waals surface area (Å²) in [5.74, 6) is -0.568. The summed E-state index contributed by atoms with van der Waals surface area (Å²) in [6.07, 6.45) is 1.02. The molecule has 0 aliphatic carbocycles. The fourth-order valence-corrected chi connectivity index (χ4v) is 3.36. The summed E-state index contributed by atoms with van der Waals surface area (Å²) in [5, 5.41) is 4.28. The zero-order valence-electron chi connectivity index (χ0n) is 14.7. The van der Waals surface area contributed by atoms with E-state index in [2.05, 4.69) is 10.5 Å². The van der Waals surface area contributed by atoms with E-state index >= 15 is 0 Å². The molecular formula is C18H20ClN3O3S. The standard InChI is InChI=1S/C18H20ClN3O3S/c1-13-8-10-15(11-9-13)14(2)20-21-18(23)12-22(26(3,24)25)17-7-5-4-6-16(17)19/h4-11H,12H2,1-3H3,(H,21,23)/b20-14-. The van der Waals surface area contributed by atoms with Crippen molar-refractivity contribution in [2.45, 2.75) is 13.8 Å². The Morgan fingerprint density at radius 1 is 1.15 bits per heavy atom. The number of carbonyl (C=O) groups excluding carboxylic acids is 1. The number of amides is 1. The molecule has 0 aromatic heterocycles. The Balaban J connectivity index is 2.14. The molecule has 8 heteroatoms. The second-order valence-corrected chi connectivity index (χ2v) is 8.13. The molecular weight excluding hydrogens is 374 g/mol. The van der Waals surface area contributed by atoms with Crippen LogP contribution in [-0.4, -0.2) is 32.8 Å². The van der Waals surface area contributed by atoms with Crippen LogP contribution in [0.25, 0.3) is 0 Å². The van der Waals surface area contributed by atoms with E-state index in [1.165, 1.54) is 6.07 Å². The third kappa shape index (κ3) is 5.31. The first-order valence-electron chi connectivity index (χ1n) is 7.81. The molecule has 0 saturated carbocycles. The molecule has 0 aliphatic rings. The zero-order valence-corrected chi connectivity index (χ0v) is 16.3. The van der Waals surface area contributed by atoms with Gasteiger partial charge in [-0.1, -0.05) is 53.6 Å². The average Bonchev–Trinajstić information content (AvgIpc) is 2.58. The predicted molar refractivity (Wildman–Crippen MR) is 105 cm³/mol. The lowest BCUT2D eigenvalue weighted by Crippen LogP contribution is -2.39. The highest BCUT2D eigenvalue weighted by Crippen LogP contribution is 2.26. The van der Waals surface area contributed by atoms with Gasteiger partial charge < -0.3 is 0 Å². The number of para-hydroxylation sites is 1. The van der Waals surface area contributed by atoms with Crippen LogP contribution in [0.3, 0.4) is 0 Å². The van der Waals surface area contributed by atoms with E-state index in [0.717, 1.165) is 21.7 Å². The van der Waals surface area contributed by atoms with E-state index in [-0.39, 0.29) is 10.7 Å². The van der Waals surface area contributed by atoms with E-state index in [4.69, 9.17) is 11.6 Å². The van der Waals surface area contributed by atoms with Crippen LogP contribution in [0.4, 0.5) is 5.69 Å². The summed E-state index contributed by atoms with van der Waals surface area (Å²) < 4.78 is 25.1. The number of rotatable bonds is 6. The van der Waals surface area contributed by atoms with Gasteiger partial charge in [0, 0.05) is 0 Å². The topological polar surface area (TPSA) is 78.8 Å². The maximum absolute atomic E-state index is 12.2. The predicted octanol–water partition coefficient (Wildman–Crippen LogP) is 2.95. The van der Waals surface area contributed by atoms with Gasteiger partial charge in [0.25, 0.3) is 5.91 Å². The van der Waals surface area contributed by atoms with Crippen LogP contribution in [0.1, 0.15) is 18.1 Å². The third-order valence-corrected chi connectivity index (χ3v) is 5.07. The van der Waals surface area contributed by atoms with Crippen LogP contribution in [-0.2, 0) is 14.8 Å². The summed E-state index contributed by atoms with van der Waals surface area (Å²) in [4.78, 5) is 12.2. The summed E-state index contributed by atoms with van der Waals surface area (Å²) in [6.45, 7) is 3.31. The van der Waals surface area contributed by atoms with Crippen molar-refractivity contribution in [1.29, 1.82) is 0 Å². The van der Waals surface area contributed by atoms with Gasteiger partial charge in [-0.25, -0.2) is 13.8 Å². The summed E-state index contributed by atoms with van der Waals surface area (Å²) in [5.41, 5.74) is 5.22. The summed E-state index contributed by atoms with van der Waals surface area (Å²) in [6, 6.07) is 14.1. The molecule has 0 aliphatic heterocycles. The number of aryl methyl sites for hydroxylation is 1. The monoisotopic (exact) mass is 393 g/mol. The Morgan fingerprint density at radius 3 is 2.35 bits per heavy atom. The number of anilines is 1. The molecule has 0 bridgehead atoms. The molecule has 1 N–H and O–H groups in total.